The zero-order valence-corrected chi connectivity index (χ0v) is 12.5. The van der Waals surface area contributed by atoms with Gasteiger partial charge in [0.15, 0.2) is 0 Å². The number of carbonyl (C=O) groups is 1. The summed E-state index contributed by atoms with van der Waals surface area (Å²) < 4.78 is 5.59. The van der Waals surface area contributed by atoms with E-state index in [-0.39, 0.29) is 17.9 Å². The Morgan fingerprint density at radius 1 is 1.33 bits per heavy atom. The quantitative estimate of drug-likeness (QED) is 0.749. The van der Waals surface area contributed by atoms with Crippen molar-refractivity contribution in [3.8, 4) is 0 Å². The normalized spacial score (nSPS) is 20.1. The summed E-state index contributed by atoms with van der Waals surface area (Å²) in [5.41, 5.74) is 0.234. The van der Waals surface area contributed by atoms with Crippen LogP contribution < -0.4 is 0 Å². The van der Waals surface area contributed by atoms with E-state index in [0.29, 0.717) is 12.6 Å². The molecule has 0 radical (unpaired) electrons. The zero-order chi connectivity index (χ0) is 13.8. The molecule has 4 nitrogen and oxygen atoms in total. The zero-order valence-electron chi connectivity index (χ0n) is 12.5. The maximum Gasteiger partial charge on any atom is 0.248 e. The van der Waals surface area contributed by atoms with E-state index in [1.165, 1.54) is 0 Å². The van der Waals surface area contributed by atoms with Crippen LogP contribution in [-0.2, 0) is 9.53 Å². The van der Waals surface area contributed by atoms with Gasteiger partial charge in [-0.05, 0) is 45.2 Å². The summed E-state index contributed by atoms with van der Waals surface area (Å²) in [4.78, 5) is 15.5. The molecule has 0 bridgehead atoms. The van der Waals surface area contributed by atoms with Crippen molar-refractivity contribution in [2.24, 2.45) is 5.41 Å². The van der Waals surface area contributed by atoms with Crippen LogP contribution in [0.5, 0.6) is 0 Å². The molecular weight excluding hydrogens is 228 g/mol. The van der Waals surface area contributed by atoms with Crippen molar-refractivity contribution in [1.29, 1.82) is 0 Å². The van der Waals surface area contributed by atoms with E-state index >= 15 is 0 Å². The Labute approximate surface area is 111 Å². The fourth-order valence-electron chi connectivity index (χ4n) is 2.24. The van der Waals surface area contributed by atoms with Gasteiger partial charge in [0.25, 0.3) is 0 Å². The molecule has 1 aliphatic rings. The first kappa shape index (κ1) is 15.4. The van der Waals surface area contributed by atoms with Gasteiger partial charge in [-0.3, -0.25) is 4.79 Å². The Balaban J connectivity index is 2.28. The van der Waals surface area contributed by atoms with Crippen LogP contribution in [0.15, 0.2) is 0 Å². The van der Waals surface area contributed by atoms with E-state index < -0.39 is 0 Å². The Bertz CT molecular complexity index is 269. The van der Waals surface area contributed by atoms with Crippen LogP contribution in [-0.4, -0.2) is 62.1 Å². The molecule has 0 unspecified atom stereocenters. The molecule has 4 heteroatoms. The lowest BCUT2D eigenvalue weighted by atomic mass is 9.81. The van der Waals surface area contributed by atoms with Crippen LogP contribution >= 0.6 is 0 Å². The lowest BCUT2D eigenvalue weighted by molar-refractivity contribution is -0.135. The van der Waals surface area contributed by atoms with Gasteiger partial charge < -0.3 is 14.5 Å². The highest BCUT2D eigenvalue weighted by molar-refractivity contribution is 5.76. The molecule has 1 saturated heterocycles. The van der Waals surface area contributed by atoms with Crippen molar-refractivity contribution in [3.63, 3.8) is 0 Å². The number of carbonyl (C=O) groups excluding carboxylic acids is 1. The van der Waals surface area contributed by atoms with Crippen LogP contribution in [0.25, 0.3) is 0 Å². The van der Waals surface area contributed by atoms with Crippen LogP contribution in [0, 0.1) is 5.41 Å². The molecule has 1 rings (SSSR count). The molecule has 1 aliphatic heterocycles. The van der Waals surface area contributed by atoms with Gasteiger partial charge in [-0.2, -0.15) is 0 Å². The first-order chi connectivity index (χ1) is 8.34. The highest BCUT2D eigenvalue weighted by Gasteiger charge is 2.31. The topological polar surface area (TPSA) is 32.8 Å². The smallest absolute Gasteiger partial charge is 0.248 e. The number of hydrogen-bond acceptors (Lipinski definition) is 3. The largest absolute Gasteiger partial charge is 0.371 e. The van der Waals surface area contributed by atoms with Gasteiger partial charge in [-0.15, -0.1) is 0 Å². The van der Waals surface area contributed by atoms with Gasteiger partial charge in [0.1, 0.15) is 6.61 Å². The number of nitrogens with zero attached hydrogens (tertiary/aromatic N) is 2. The number of piperidine rings is 1. The molecule has 0 aromatic heterocycles. The molecule has 0 aromatic carbocycles. The van der Waals surface area contributed by atoms with Gasteiger partial charge in [-0.25, -0.2) is 0 Å². The van der Waals surface area contributed by atoms with Gasteiger partial charge in [-0.1, -0.05) is 6.92 Å². The predicted octanol–water partition coefficient (Wildman–Crippen LogP) is 1.60. The maximum absolute atomic E-state index is 11.4. The standard InChI is InChI=1S/C14H28N2O2/c1-12(2)16-8-6-14(3,7-9-16)11-18-10-13(17)15(4)5/h12H,6-11H2,1-5H3. The van der Waals surface area contributed by atoms with Gasteiger partial charge >= 0.3 is 0 Å². The summed E-state index contributed by atoms with van der Waals surface area (Å²) in [7, 11) is 3.52. The van der Waals surface area contributed by atoms with Crippen molar-refractivity contribution in [2.75, 3.05) is 40.4 Å². The van der Waals surface area contributed by atoms with Crippen molar-refractivity contribution in [1.82, 2.24) is 9.80 Å². The Morgan fingerprint density at radius 3 is 2.33 bits per heavy atom. The summed E-state index contributed by atoms with van der Waals surface area (Å²) >= 11 is 0. The Kier molecular flexibility index (Phi) is 5.60. The van der Waals surface area contributed by atoms with E-state index in [0.717, 1.165) is 25.9 Å². The monoisotopic (exact) mass is 256 g/mol. The Hall–Kier alpha value is -0.610. The SMILES string of the molecule is CC(C)N1CCC(C)(COCC(=O)N(C)C)CC1. The number of rotatable bonds is 5. The lowest BCUT2D eigenvalue weighted by Gasteiger charge is -2.40. The molecule has 0 aliphatic carbocycles. The molecule has 0 aromatic rings. The first-order valence-corrected chi connectivity index (χ1v) is 6.86. The second-order valence-corrected chi connectivity index (χ2v) is 6.22. The van der Waals surface area contributed by atoms with Crippen LogP contribution in [0.3, 0.4) is 0 Å². The van der Waals surface area contributed by atoms with Crippen molar-refractivity contribution < 1.29 is 9.53 Å². The van der Waals surface area contributed by atoms with Crippen molar-refractivity contribution >= 4 is 5.91 Å². The summed E-state index contributed by atoms with van der Waals surface area (Å²) in [6.07, 6.45) is 2.31. The van der Waals surface area contributed by atoms with E-state index in [2.05, 4.69) is 25.7 Å². The highest BCUT2D eigenvalue weighted by atomic mass is 16.5. The minimum Gasteiger partial charge on any atom is -0.371 e. The molecule has 1 amide bonds. The molecule has 1 fully saturated rings. The third-order valence-electron chi connectivity index (χ3n) is 3.91. The van der Waals surface area contributed by atoms with Gasteiger partial charge in [0.05, 0.1) is 6.61 Å². The number of amides is 1. The molecule has 0 N–H and O–H groups in total. The van der Waals surface area contributed by atoms with E-state index in [1.807, 2.05) is 0 Å². The molecule has 106 valence electrons. The van der Waals surface area contributed by atoms with E-state index in [9.17, 15) is 4.79 Å². The summed E-state index contributed by atoms with van der Waals surface area (Å²) in [6, 6.07) is 0.630. The maximum atomic E-state index is 11.4. The van der Waals surface area contributed by atoms with Crippen LogP contribution in [0.1, 0.15) is 33.6 Å². The average Bonchev–Trinajstić information content (AvgIpc) is 2.29. The van der Waals surface area contributed by atoms with Crippen LogP contribution in [0.2, 0.25) is 0 Å². The van der Waals surface area contributed by atoms with Crippen LogP contribution in [0.4, 0.5) is 0 Å². The molecule has 0 atom stereocenters. The average molecular weight is 256 g/mol. The van der Waals surface area contributed by atoms with E-state index in [1.54, 1.807) is 19.0 Å². The number of likely N-dealkylation sites (N-methyl/N-ethyl adjacent to an activating group) is 1. The van der Waals surface area contributed by atoms with E-state index in [4.69, 9.17) is 4.74 Å². The number of likely N-dealkylation sites (tertiary alicyclic amines) is 1. The summed E-state index contributed by atoms with van der Waals surface area (Å²) in [6.45, 7) is 9.93. The molecule has 0 spiro atoms. The minimum atomic E-state index is 0.0400. The third-order valence-corrected chi connectivity index (χ3v) is 3.91. The molecule has 0 saturated carbocycles. The summed E-state index contributed by atoms with van der Waals surface area (Å²) in [5, 5.41) is 0. The first-order valence-electron chi connectivity index (χ1n) is 6.86. The number of hydrogen-bond donors (Lipinski definition) is 0. The minimum absolute atomic E-state index is 0.0400. The molecule has 1 heterocycles. The number of ether oxygens (including phenoxy) is 1. The highest BCUT2D eigenvalue weighted by Crippen LogP contribution is 2.31. The van der Waals surface area contributed by atoms with Crippen molar-refractivity contribution in [2.45, 2.75) is 39.7 Å². The second kappa shape index (κ2) is 6.53. The Morgan fingerprint density at radius 2 is 1.89 bits per heavy atom. The van der Waals surface area contributed by atoms with Crippen molar-refractivity contribution in [3.05, 3.63) is 0 Å². The predicted molar refractivity (Wildman–Crippen MR) is 73.6 cm³/mol. The summed E-state index contributed by atoms with van der Waals surface area (Å²) in [5.74, 6) is 0.0400. The molecule has 18 heavy (non-hydrogen) atoms. The second-order valence-electron chi connectivity index (χ2n) is 6.22. The van der Waals surface area contributed by atoms with Gasteiger partial charge in [0, 0.05) is 20.1 Å². The van der Waals surface area contributed by atoms with Gasteiger partial charge in [0.2, 0.25) is 5.91 Å². The fraction of sp³-hybridized carbons (Fsp3) is 0.929. The lowest BCUT2D eigenvalue weighted by Crippen LogP contribution is -2.44. The third kappa shape index (κ3) is 4.58. The molecular formula is C14H28N2O2. The fourth-order valence-corrected chi connectivity index (χ4v) is 2.24.